The minimum Gasteiger partial charge on any atom is -0.274 e. The van der Waals surface area contributed by atoms with Crippen LogP contribution in [0.3, 0.4) is 0 Å². The van der Waals surface area contributed by atoms with Gasteiger partial charge in [-0.1, -0.05) is 67.6 Å². The molecule has 3 aromatic carbocycles. The van der Waals surface area contributed by atoms with Crippen LogP contribution in [0.4, 0.5) is 5.69 Å². The number of carbonyl (C=O) groups is 2. The van der Waals surface area contributed by atoms with Crippen molar-refractivity contribution in [2.75, 3.05) is 4.90 Å². The van der Waals surface area contributed by atoms with E-state index in [1.165, 1.54) is 16.0 Å². The Morgan fingerprint density at radius 3 is 2.06 bits per heavy atom. The summed E-state index contributed by atoms with van der Waals surface area (Å²) >= 11 is 0. The van der Waals surface area contributed by atoms with Crippen molar-refractivity contribution >= 4 is 17.5 Å². The van der Waals surface area contributed by atoms with Gasteiger partial charge in [-0.05, 0) is 40.8 Å². The molecule has 0 unspecified atom stereocenters. The Morgan fingerprint density at radius 1 is 0.871 bits per heavy atom. The van der Waals surface area contributed by atoms with Gasteiger partial charge in [0.25, 0.3) is 0 Å². The summed E-state index contributed by atoms with van der Waals surface area (Å²) in [5.74, 6) is -1.45. The molecule has 4 aliphatic rings. The van der Waals surface area contributed by atoms with Crippen molar-refractivity contribution in [3.8, 4) is 6.07 Å². The third kappa shape index (κ3) is 1.99. The van der Waals surface area contributed by atoms with Gasteiger partial charge in [-0.25, -0.2) is 4.90 Å². The van der Waals surface area contributed by atoms with E-state index in [4.69, 9.17) is 0 Å². The maximum Gasteiger partial charge on any atom is 0.239 e. The first-order valence-corrected chi connectivity index (χ1v) is 10.7. The SMILES string of the molecule is CCC12c3ccccc3C(c3ccccc31)[C@H]1C(=O)N(c3ccccc3C#N)C(=O)[C@@H]12. The lowest BCUT2D eigenvalue weighted by Crippen LogP contribution is -2.53. The smallest absolute Gasteiger partial charge is 0.239 e. The topological polar surface area (TPSA) is 61.2 Å². The zero-order chi connectivity index (χ0) is 21.3. The minimum atomic E-state index is -0.546. The second kappa shape index (κ2) is 6.15. The van der Waals surface area contributed by atoms with Gasteiger partial charge in [0.1, 0.15) is 6.07 Å². The highest BCUT2D eigenvalue weighted by molar-refractivity contribution is 6.24. The van der Waals surface area contributed by atoms with Crippen LogP contribution in [0.25, 0.3) is 0 Å². The van der Waals surface area contributed by atoms with Gasteiger partial charge in [0.2, 0.25) is 11.8 Å². The molecular weight excluding hydrogens is 384 g/mol. The summed E-state index contributed by atoms with van der Waals surface area (Å²) in [5.41, 5.74) is 4.83. The molecule has 7 rings (SSSR count). The first-order chi connectivity index (χ1) is 15.1. The number of amides is 2. The van der Waals surface area contributed by atoms with Gasteiger partial charge in [0, 0.05) is 11.3 Å². The number of nitriles is 1. The van der Waals surface area contributed by atoms with Gasteiger partial charge >= 0.3 is 0 Å². The van der Waals surface area contributed by atoms with Gasteiger partial charge in [0.15, 0.2) is 0 Å². The summed E-state index contributed by atoms with van der Waals surface area (Å²) in [6.07, 6.45) is 0.724. The fraction of sp³-hybridized carbons (Fsp3) is 0.222. The zero-order valence-electron chi connectivity index (χ0n) is 17.1. The number of hydrogen-bond donors (Lipinski definition) is 0. The maximum atomic E-state index is 14.0. The average Bonchev–Trinajstić information content (AvgIpc) is 3.09. The number of imide groups is 1. The summed E-state index contributed by atoms with van der Waals surface area (Å²) in [6, 6.07) is 25.6. The monoisotopic (exact) mass is 404 g/mol. The van der Waals surface area contributed by atoms with Crippen LogP contribution < -0.4 is 4.90 Å². The lowest BCUT2D eigenvalue weighted by Gasteiger charge is -2.54. The second-order valence-electron chi connectivity index (χ2n) is 8.62. The molecule has 31 heavy (non-hydrogen) atoms. The van der Waals surface area contributed by atoms with Gasteiger partial charge in [-0.2, -0.15) is 5.26 Å². The van der Waals surface area contributed by atoms with Crippen molar-refractivity contribution in [3.05, 3.63) is 101 Å². The van der Waals surface area contributed by atoms with Gasteiger partial charge < -0.3 is 0 Å². The average molecular weight is 404 g/mol. The predicted molar refractivity (Wildman–Crippen MR) is 116 cm³/mol. The second-order valence-corrected chi connectivity index (χ2v) is 8.62. The molecule has 1 saturated heterocycles. The molecule has 150 valence electrons. The van der Waals surface area contributed by atoms with Crippen LogP contribution in [0, 0.1) is 23.2 Å². The summed E-state index contributed by atoms with van der Waals surface area (Å²) in [7, 11) is 0. The van der Waals surface area contributed by atoms with Crippen molar-refractivity contribution in [3.63, 3.8) is 0 Å². The van der Waals surface area contributed by atoms with E-state index in [-0.39, 0.29) is 17.7 Å². The normalized spacial score (nSPS) is 27.5. The van der Waals surface area contributed by atoms with Gasteiger partial charge in [-0.3, -0.25) is 9.59 Å². The number of hydrogen-bond acceptors (Lipinski definition) is 3. The molecule has 1 aliphatic heterocycles. The molecule has 4 nitrogen and oxygen atoms in total. The summed E-state index contributed by atoms with van der Waals surface area (Å²) in [5, 5.41) is 9.61. The molecule has 0 spiro atoms. The van der Waals surface area contributed by atoms with Crippen LogP contribution in [-0.2, 0) is 15.0 Å². The van der Waals surface area contributed by atoms with Crippen molar-refractivity contribution in [1.29, 1.82) is 5.26 Å². The fourth-order valence-corrected chi connectivity index (χ4v) is 6.53. The number of para-hydroxylation sites is 1. The Kier molecular flexibility index (Phi) is 3.59. The molecule has 0 N–H and O–H groups in total. The van der Waals surface area contributed by atoms with Crippen molar-refractivity contribution in [2.45, 2.75) is 24.7 Å². The number of carbonyl (C=O) groups excluding carboxylic acids is 2. The highest BCUT2D eigenvalue weighted by Crippen LogP contribution is 2.65. The molecule has 1 heterocycles. The number of rotatable bonds is 2. The zero-order valence-corrected chi connectivity index (χ0v) is 17.1. The number of anilines is 1. The van der Waals surface area contributed by atoms with Crippen LogP contribution in [0.2, 0.25) is 0 Å². The van der Waals surface area contributed by atoms with E-state index in [1.807, 2.05) is 24.3 Å². The van der Waals surface area contributed by atoms with E-state index in [1.54, 1.807) is 24.3 Å². The lowest BCUT2D eigenvalue weighted by molar-refractivity contribution is -0.123. The quantitative estimate of drug-likeness (QED) is 0.590. The molecule has 4 heteroatoms. The molecule has 0 radical (unpaired) electrons. The highest BCUT2D eigenvalue weighted by atomic mass is 16.2. The Balaban J connectivity index is 1.65. The Hall–Kier alpha value is -3.71. The van der Waals surface area contributed by atoms with Crippen LogP contribution in [0.15, 0.2) is 72.8 Å². The lowest BCUT2D eigenvalue weighted by atomic mass is 9.46. The Bertz CT molecular complexity index is 1270. The molecule has 0 saturated carbocycles. The predicted octanol–water partition coefficient (Wildman–Crippen LogP) is 4.52. The molecule has 1 fully saturated rings. The Morgan fingerprint density at radius 2 is 1.45 bits per heavy atom. The molecule has 3 aliphatic carbocycles. The molecule has 2 atom stereocenters. The summed E-state index contributed by atoms with van der Waals surface area (Å²) < 4.78 is 0. The molecule has 2 amide bonds. The number of benzene rings is 3. The van der Waals surface area contributed by atoms with Gasteiger partial charge in [-0.15, -0.1) is 0 Å². The first kappa shape index (κ1) is 18.1. The van der Waals surface area contributed by atoms with Crippen molar-refractivity contribution in [2.24, 2.45) is 11.8 Å². The van der Waals surface area contributed by atoms with E-state index in [0.29, 0.717) is 11.3 Å². The van der Waals surface area contributed by atoms with Crippen LogP contribution in [0.1, 0.15) is 47.1 Å². The third-order valence-electron chi connectivity index (χ3n) is 7.62. The largest absolute Gasteiger partial charge is 0.274 e. The van der Waals surface area contributed by atoms with Crippen LogP contribution in [-0.4, -0.2) is 11.8 Å². The fourth-order valence-electron chi connectivity index (χ4n) is 6.53. The van der Waals surface area contributed by atoms with Crippen LogP contribution in [0.5, 0.6) is 0 Å². The third-order valence-corrected chi connectivity index (χ3v) is 7.62. The molecule has 3 aromatic rings. The van der Waals surface area contributed by atoms with E-state index >= 15 is 0 Å². The maximum absolute atomic E-state index is 14.0. The standard InChI is InChI=1S/C27H20N2O2/c1-2-27-19-12-6-4-10-17(19)22(18-11-5-7-13-20(18)27)23-24(27)26(31)29(25(23)30)21-14-8-3-9-16(21)15-28/h3-14,22-24H,2H2,1H3/t22?,23-,24-,27?/m1/s1. The van der Waals surface area contributed by atoms with E-state index < -0.39 is 17.3 Å². The first-order valence-electron chi connectivity index (χ1n) is 10.7. The van der Waals surface area contributed by atoms with E-state index in [0.717, 1.165) is 17.5 Å². The van der Waals surface area contributed by atoms with Crippen LogP contribution >= 0.6 is 0 Å². The van der Waals surface area contributed by atoms with Crippen molar-refractivity contribution < 1.29 is 9.59 Å². The highest BCUT2D eigenvalue weighted by Gasteiger charge is 2.67. The van der Waals surface area contributed by atoms with E-state index in [9.17, 15) is 14.9 Å². The minimum absolute atomic E-state index is 0.151. The molecule has 2 bridgehead atoms. The van der Waals surface area contributed by atoms with Gasteiger partial charge in [0.05, 0.1) is 23.1 Å². The molecule has 0 aromatic heterocycles. The Labute approximate surface area is 180 Å². The number of nitrogens with zero attached hydrogens (tertiary/aromatic N) is 2. The molecular formula is C27H20N2O2. The summed E-state index contributed by atoms with van der Waals surface area (Å²) in [6.45, 7) is 2.11. The van der Waals surface area contributed by atoms with Crippen molar-refractivity contribution in [1.82, 2.24) is 0 Å². The van der Waals surface area contributed by atoms with E-state index in [2.05, 4.69) is 37.3 Å². The summed E-state index contributed by atoms with van der Waals surface area (Å²) in [4.78, 5) is 29.2.